The average molecular weight is 390 g/mol. The van der Waals surface area contributed by atoms with Crippen molar-refractivity contribution in [2.45, 2.75) is 6.61 Å². The molecule has 0 radical (unpaired) electrons. The number of amides is 1. The Hall–Kier alpha value is -3.22. The number of likely N-dealkylation sites (N-methyl/N-ethyl adjacent to an activating group) is 1. The van der Waals surface area contributed by atoms with Gasteiger partial charge in [0.05, 0.1) is 6.61 Å². The molecule has 3 rings (SSSR count). The summed E-state index contributed by atoms with van der Waals surface area (Å²) in [5, 5.41) is 12.2. The van der Waals surface area contributed by atoms with E-state index in [9.17, 15) is 9.90 Å². The van der Waals surface area contributed by atoms with Crippen LogP contribution in [0.5, 0.6) is 0 Å². The summed E-state index contributed by atoms with van der Waals surface area (Å²) in [5.41, 5.74) is 11.0. The van der Waals surface area contributed by atoms with Crippen LogP contribution in [0.15, 0.2) is 60.8 Å². The number of carbonyl (C=O) groups excluding carboxylic acids is 1. The second-order valence-electron chi connectivity index (χ2n) is 7.15. The summed E-state index contributed by atoms with van der Waals surface area (Å²) in [4.78, 5) is 18.8. The molecule has 2 aromatic carbocycles. The topological polar surface area (TPSA) is 91.5 Å². The average Bonchev–Trinajstić information content (AvgIpc) is 2.74. The number of anilines is 1. The van der Waals surface area contributed by atoms with Crippen molar-refractivity contribution < 1.29 is 9.90 Å². The molecule has 1 heterocycles. The minimum atomic E-state index is -0.100. The van der Waals surface area contributed by atoms with E-state index in [1.54, 1.807) is 12.3 Å². The number of hydrogen-bond acceptors (Lipinski definition) is 5. The zero-order valence-corrected chi connectivity index (χ0v) is 16.7. The molecule has 0 aliphatic rings. The highest BCUT2D eigenvalue weighted by Crippen LogP contribution is 2.30. The molecule has 0 aliphatic heterocycles. The van der Waals surface area contributed by atoms with E-state index < -0.39 is 0 Å². The molecule has 1 amide bonds. The summed E-state index contributed by atoms with van der Waals surface area (Å²) in [7, 11) is 3.94. The number of pyridine rings is 1. The molecule has 6 nitrogen and oxygen atoms in total. The zero-order chi connectivity index (χ0) is 20.8. The summed E-state index contributed by atoms with van der Waals surface area (Å²) in [6.07, 6.45) is 1.71. The van der Waals surface area contributed by atoms with Crippen molar-refractivity contribution in [3.05, 3.63) is 71.9 Å². The number of carbonyl (C=O) groups is 1. The molecule has 0 spiro atoms. The number of nitrogens with two attached hydrogens (primary N) is 1. The highest BCUT2D eigenvalue weighted by atomic mass is 16.3. The predicted octanol–water partition coefficient (Wildman–Crippen LogP) is 2.78. The number of nitrogens with zero attached hydrogens (tertiary/aromatic N) is 2. The fourth-order valence-electron chi connectivity index (χ4n) is 2.99. The van der Waals surface area contributed by atoms with Crippen LogP contribution in [0.3, 0.4) is 0 Å². The van der Waals surface area contributed by atoms with Gasteiger partial charge >= 0.3 is 0 Å². The first-order valence-electron chi connectivity index (χ1n) is 9.47. The summed E-state index contributed by atoms with van der Waals surface area (Å²) in [6, 6.07) is 17.0. The maximum atomic E-state index is 12.4. The lowest BCUT2D eigenvalue weighted by Crippen LogP contribution is -2.31. The van der Waals surface area contributed by atoms with Crippen molar-refractivity contribution in [3.63, 3.8) is 0 Å². The highest BCUT2D eigenvalue weighted by molar-refractivity contribution is 5.95. The minimum Gasteiger partial charge on any atom is -0.392 e. The lowest BCUT2D eigenvalue weighted by Gasteiger charge is -2.12. The van der Waals surface area contributed by atoms with Crippen molar-refractivity contribution >= 4 is 11.7 Å². The zero-order valence-electron chi connectivity index (χ0n) is 16.7. The van der Waals surface area contributed by atoms with Gasteiger partial charge in [0, 0.05) is 36.0 Å². The summed E-state index contributed by atoms with van der Waals surface area (Å²) < 4.78 is 0. The molecule has 29 heavy (non-hydrogen) atoms. The number of aliphatic hydroxyl groups is 1. The third-order valence-corrected chi connectivity index (χ3v) is 4.67. The van der Waals surface area contributed by atoms with E-state index in [1.807, 2.05) is 67.5 Å². The van der Waals surface area contributed by atoms with Crippen molar-refractivity contribution in [1.29, 1.82) is 0 Å². The Labute approximate surface area is 171 Å². The highest BCUT2D eigenvalue weighted by Gasteiger charge is 2.10. The number of hydrogen-bond donors (Lipinski definition) is 3. The number of benzene rings is 2. The van der Waals surface area contributed by atoms with Gasteiger partial charge in [-0.15, -0.1) is 0 Å². The predicted molar refractivity (Wildman–Crippen MR) is 116 cm³/mol. The third-order valence-electron chi connectivity index (χ3n) is 4.67. The Morgan fingerprint density at radius 3 is 2.52 bits per heavy atom. The van der Waals surface area contributed by atoms with E-state index in [2.05, 4.69) is 10.3 Å². The Morgan fingerprint density at radius 2 is 1.83 bits per heavy atom. The van der Waals surface area contributed by atoms with Gasteiger partial charge in [0.25, 0.3) is 5.91 Å². The lowest BCUT2D eigenvalue weighted by molar-refractivity contribution is 0.0951. The van der Waals surface area contributed by atoms with Crippen LogP contribution in [0.4, 0.5) is 5.82 Å². The Bertz CT molecular complexity index is 984. The Kier molecular flexibility index (Phi) is 6.59. The van der Waals surface area contributed by atoms with Crippen LogP contribution in [0, 0.1) is 0 Å². The van der Waals surface area contributed by atoms with E-state index >= 15 is 0 Å². The molecule has 0 saturated heterocycles. The van der Waals surface area contributed by atoms with Crippen LogP contribution in [0.1, 0.15) is 15.9 Å². The van der Waals surface area contributed by atoms with Gasteiger partial charge < -0.3 is 21.1 Å². The van der Waals surface area contributed by atoms with Crippen LogP contribution < -0.4 is 11.1 Å². The van der Waals surface area contributed by atoms with E-state index in [4.69, 9.17) is 5.73 Å². The first kappa shape index (κ1) is 20.5. The molecule has 0 bridgehead atoms. The normalized spacial score (nSPS) is 10.9. The number of aromatic nitrogens is 1. The van der Waals surface area contributed by atoms with Crippen molar-refractivity contribution in [2.75, 3.05) is 32.9 Å². The van der Waals surface area contributed by atoms with Crippen LogP contribution >= 0.6 is 0 Å². The van der Waals surface area contributed by atoms with Gasteiger partial charge in [-0.2, -0.15) is 0 Å². The Balaban J connectivity index is 1.86. The molecule has 0 fully saturated rings. The largest absolute Gasteiger partial charge is 0.392 e. The molecular formula is C23H26N4O2. The van der Waals surface area contributed by atoms with Crippen LogP contribution in [0.2, 0.25) is 0 Å². The Morgan fingerprint density at radius 1 is 1.07 bits per heavy atom. The van der Waals surface area contributed by atoms with E-state index in [1.165, 1.54) is 0 Å². The molecule has 1 aromatic heterocycles. The fraction of sp³-hybridized carbons (Fsp3) is 0.217. The molecule has 3 aromatic rings. The number of aliphatic hydroxyl groups excluding tert-OH is 1. The maximum Gasteiger partial charge on any atom is 0.251 e. The van der Waals surface area contributed by atoms with Gasteiger partial charge in [-0.3, -0.25) is 4.79 Å². The van der Waals surface area contributed by atoms with E-state index in [-0.39, 0.29) is 12.5 Å². The van der Waals surface area contributed by atoms with Crippen LogP contribution in [-0.4, -0.2) is 48.1 Å². The lowest BCUT2D eigenvalue weighted by atomic mass is 9.99. The molecule has 4 N–H and O–H groups in total. The second kappa shape index (κ2) is 9.32. The maximum absolute atomic E-state index is 12.4. The van der Waals surface area contributed by atoms with Gasteiger partial charge in [0.1, 0.15) is 5.82 Å². The van der Waals surface area contributed by atoms with Gasteiger partial charge in [-0.25, -0.2) is 4.98 Å². The molecule has 0 unspecified atom stereocenters. The van der Waals surface area contributed by atoms with Crippen molar-refractivity contribution in [3.8, 4) is 22.3 Å². The van der Waals surface area contributed by atoms with Gasteiger partial charge in [0.15, 0.2) is 0 Å². The van der Waals surface area contributed by atoms with E-state index in [0.717, 1.165) is 34.4 Å². The molecular weight excluding hydrogens is 364 g/mol. The van der Waals surface area contributed by atoms with Crippen LogP contribution in [-0.2, 0) is 6.61 Å². The molecule has 0 atom stereocenters. The second-order valence-corrected chi connectivity index (χ2v) is 7.15. The number of nitrogens with one attached hydrogen (secondary N) is 1. The first-order chi connectivity index (χ1) is 14.0. The SMILES string of the molecule is CN(C)CCNC(=O)c1cccc(-c2cnc(N)c(-c3ccc(CO)cc3)c2)c1. The van der Waals surface area contributed by atoms with E-state index in [0.29, 0.717) is 17.9 Å². The minimum absolute atomic E-state index is 0.00253. The molecule has 0 aliphatic carbocycles. The number of nitrogen functional groups attached to an aromatic ring is 1. The van der Waals surface area contributed by atoms with Crippen LogP contribution in [0.25, 0.3) is 22.3 Å². The molecule has 6 heteroatoms. The molecule has 150 valence electrons. The van der Waals surface area contributed by atoms with Crippen molar-refractivity contribution in [1.82, 2.24) is 15.2 Å². The quantitative estimate of drug-likeness (QED) is 0.577. The first-order valence-corrected chi connectivity index (χ1v) is 9.47. The summed E-state index contributed by atoms with van der Waals surface area (Å²) >= 11 is 0. The van der Waals surface area contributed by atoms with Gasteiger partial charge in [-0.05, 0) is 49.0 Å². The smallest absolute Gasteiger partial charge is 0.251 e. The third kappa shape index (κ3) is 5.19. The number of rotatable bonds is 7. The summed E-state index contributed by atoms with van der Waals surface area (Å²) in [6.45, 7) is 1.37. The monoisotopic (exact) mass is 390 g/mol. The summed E-state index contributed by atoms with van der Waals surface area (Å²) in [5.74, 6) is 0.333. The molecule has 0 saturated carbocycles. The fourth-order valence-corrected chi connectivity index (χ4v) is 2.99. The van der Waals surface area contributed by atoms with Gasteiger partial charge in [-0.1, -0.05) is 36.4 Å². The standard InChI is InChI=1S/C23H26N4O2/c1-27(2)11-10-25-23(29)19-5-3-4-18(12-19)20-13-21(22(24)26-14-20)17-8-6-16(15-28)7-9-17/h3-9,12-14,28H,10-11,15H2,1-2H3,(H2,24,26)(H,25,29). The van der Waals surface area contributed by atoms with Gasteiger partial charge in [0.2, 0.25) is 0 Å². The van der Waals surface area contributed by atoms with Crippen molar-refractivity contribution in [2.24, 2.45) is 0 Å².